The zero-order valence-corrected chi connectivity index (χ0v) is 14.9. The Hall–Kier alpha value is -2.39. The number of anilines is 1. The molecule has 1 amide bonds. The number of aromatic nitrogens is 3. The number of carboxylic acid groups (broad SMARTS) is 1. The van der Waals surface area contributed by atoms with Gasteiger partial charge in [0.1, 0.15) is 5.69 Å². The standard InChI is InChI=1S/C16H21BN4O4/c1-10-13(18-14(22)23)21(20-19-10)12-8-6-11(7-9-12)17-24-15(2,3)16(4,5)25-17/h6-9,18H,1-5H3,(H,22,23). The van der Waals surface area contributed by atoms with E-state index in [1.165, 1.54) is 4.68 Å². The van der Waals surface area contributed by atoms with Gasteiger partial charge in [-0.3, -0.25) is 5.32 Å². The second kappa shape index (κ2) is 5.85. The molecule has 8 nitrogen and oxygen atoms in total. The summed E-state index contributed by atoms with van der Waals surface area (Å²) in [5.41, 5.74) is 1.25. The number of hydrogen-bond donors (Lipinski definition) is 2. The molecule has 132 valence electrons. The monoisotopic (exact) mass is 344 g/mol. The van der Waals surface area contributed by atoms with Gasteiger partial charge >= 0.3 is 13.2 Å². The van der Waals surface area contributed by atoms with Crippen molar-refractivity contribution in [1.29, 1.82) is 0 Å². The maximum atomic E-state index is 10.9. The fourth-order valence-corrected chi connectivity index (χ4v) is 2.53. The van der Waals surface area contributed by atoms with Crippen molar-refractivity contribution < 1.29 is 19.2 Å². The molecule has 0 atom stereocenters. The zero-order chi connectivity index (χ0) is 18.4. The summed E-state index contributed by atoms with van der Waals surface area (Å²) in [6.45, 7) is 9.70. The summed E-state index contributed by atoms with van der Waals surface area (Å²) >= 11 is 0. The molecule has 2 heterocycles. The van der Waals surface area contributed by atoms with Crippen LogP contribution < -0.4 is 10.8 Å². The predicted molar refractivity (Wildman–Crippen MR) is 93.5 cm³/mol. The van der Waals surface area contributed by atoms with Crippen molar-refractivity contribution in [3.63, 3.8) is 0 Å². The Bertz CT molecular complexity index is 785. The average molecular weight is 344 g/mol. The molecular weight excluding hydrogens is 323 g/mol. The van der Waals surface area contributed by atoms with Gasteiger partial charge in [0, 0.05) is 0 Å². The molecule has 9 heteroatoms. The molecule has 0 aliphatic carbocycles. The van der Waals surface area contributed by atoms with Gasteiger partial charge in [0.2, 0.25) is 0 Å². The number of aryl methyl sites for hydroxylation is 1. The summed E-state index contributed by atoms with van der Waals surface area (Å²) in [5, 5.41) is 19.2. The summed E-state index contributed by atoms with van der Waals surface area (Å²) in [4.78, 5) is 10.9. The van der Waals surface area contributed by atoms with Crippen LogP contribution in [-0.2, 0) is 9.31 Å². The van der Waals surface area contributed by atoms with Crippen LogP contribution >= 0.6 is 0 Å². The van der Waals surface area contributed by atoms with E-state index in [4.69, 9.17) is 14.4 Å². The minimum absolute atomic E-state index is 0.316. The molecule has 1 saturated heterocycles. The highest BCUT2D eigenvalue weighted by atomic mass is 16.7. The number of rotatable bonds is 3. The summed E-state index contributed by atoms with van der Waals surface area (Å²) < 4.78 is 13.5. The Morgan fingerprint density at radius 1 is 1.16 bits per heavy atom. The Morgan fingerprint density at radius 3 is 2.24 bits per heavy atom. The number of carbonyl (C=O) groups is 1. The van der Waals surface area contributed by atoms with E-state index in [1.807, 2.05) is 52.0 Å². The summed E-state index contributed by atoms with van der Waals surface area (Å²) in [6, 6.07) is 7.39. The SMILES string of the molecule is Cc1nnn(-c2ccc(B3OC(C)(C)C(C)(C)O3)cc2)c1NC(=O)O. The summed E-state index contributed by atoms with van der Waals surface area (Å²) in [6.07, 6.45) is -1.17. The molecule has 1 aromatic heterocycles. The molecule has 25 heavy (non-hydrogen) atoms. The highest BCUT2D eigenvalue weighted by Crippen LogP contribution is 2.36. The van der Waals surface area contributed by atoms with Crippen molar-refractivity contribution in [1.82, 2.24) is 15.0 Å². The second-order valence-electron chi connectivity index (χ2n) is 7.05. The van der Waals surface area contributed by atoms with Crippen LogP contribution in [0, 0.1) is 6.92 Å². The van der Waals surface area contributed by atoms with Gasteiger partial charge in [-0.2, -0.15) is 4.68 Å². The van der Waals surface area contributed by atoms with E-state index in [9.17, 15) is 4.79 Å². The van der Waals surface area contributed by atoms with E-state index >= 15 is 0 Å². The number of nitrogens with one attached hydrogen (secondary N) is 1. The number of hydrogen-bond acceptors (Lipinski definition) is 5. The minimum Gasteiger partial charge on any atom is -0.465 e. The van der Waals surface area contributed by atoms with Crippen molar-refractivity contribution in [3.05, 3.63) is 30.0 Å². The minimum atomic E-state index is -1.17. The van der Waals surface area contributed by atoms with Crippen molar-refractivity contribution in [2.24, 2.45) is 0 Å². The molecule has 0 spiro atoms. The largest absolute Gasteiger partial charge is 0.494 e. The molecule has 1 fully saturated rings. The first-order chi connectivity index (χ1) is 11.6. The molecule has 0 radical (unpaired) electrons. The van der Waals surface area contributed by atoms with Gasteiger partial charge in [-0.15, -0.1) is 5.10 Å². The fraction of sp³-hybridized carbons (Fsp3) is 0.438. The summed E-state index contributed by atoms with van der Waals surface area (Å²) in [5.74, 6) is 0.316. The Morgan fingerprint density at radius 2 is 1.72 bits per heavy atom. The Kier molecular flexibility index (Phi) is 4.08. The van der Waals surface area contributed by atoms with Crippen LogP contribution in [0.25, 0.3) is 5.69 Å². The van der Waals surface area contributed by atoms with Crippen molar-refractivity contribution in [2.45, 2.75) is 45.8 Å². The van der Waals surface area contributed by atoms with Crippen LogP contribution in [0.5, 0.6) is 0 Å². The molecule has 1 aromatic carbocycles. The van der Waals surface area contributed by atoms with Crippen LogP contribution in [0.2, 0.25) is 0 Å². The quantitative estimate of drug-likeness (QED) is 0.826. The highest BCUT2D eigenvalue weighted by Gasteiger charge is 2.51. The van der Waals surface area contributed by atoms with Crippen LogP contribution in [0.15, 0.2) is 24.3 Å². The molecule has 2 aromatic rings. The van der Waals surface area contributed by atoms with E-state index in [2.05, 4.69) is 15.6 Å². The van der Waals surface area contributed by atoms with E-state index in [0.29, 0.717) is 17.2 Å². The van der Waals surface area contributed by atoms with E-state index in [0.717, 1.165) is 5.46 Å². The number of nitrogens with zero attached hydrogens (tertiary/aromatic N) is 3. The topological polar surface area (TPSA) is 98.5 Å². The Balaban J connectivity index is 1.86. The van der Waals surface area contributed by atoms with Gasteiger partial charge in [-0.1, -0.05) is 17.3 Å². The highest BCUT2D eigenvalue weighted by molar-refractivity contribution is 6.62. The van der Waals surface area contributed by atoms with Crippen LogP contribution in [0.1, 0.15) is 33.4 Å². The lowest BCUT2D eigenvalue weighted by Crippen LogP contribution is -2.41. The molecule has 1 aliphatic heterocycles. The smallest absolute Gasteiger partial charge is 0.465 e. The van der Waals surface area contributed by atoms with Gasteiger partial charge in [0.25, 0.3) is 0 Å². The Labute approximate surface area is 146 Å². The van der Waals surface area contributed by atoms with Crippen molar-refractivity contribution in [3.8, 4) is 5.69 Å². The molecular formula is C16H21BN4O4. The van der Waals surface area contributed by atoms with Gasteiger partial charge in [-0.05, 0) is 52.2 Å². The normalized spacial score (nSPS) is 18.4. The fourth-order valence-electron chi connectivity index (χ4n) is 2.53. The van der Waals surface area contributed by atoms with Gasteiger partial charge in [-0.25, -0.2) is 4.79 Å². The zero-order valence-electron chi connectivity index (χ0n) is 14.9. The lowest BCUT2D eigenvalue weighted by molar-refractivity contribution is 0.00578. The second-order valence-corrected chi connectivity index (χ2v) is 7.05. The maximum absolute atomic E-state index is 10.9. The predicted octanol–water partition coefficient (Wildman–Crippen LogP) is 1.96. The van der Waals surface area contributed by atoms with Gasteiger partial charge < -0.3 is 14.4 Å². The molecule has 1 aliphatic rings. The lowest BCUT2D eigenvalue weighted by atomic mass is 9.79. The maximum Gasteiger partial charge on any atom is 0.494 e. The van der Waals surface area contributed by atoms with E-state index in [1.54, 1.807) is 6.92 Å². The third-order valence-corrected chi connectivity index (χ3v) is 4.73. The molecule has 3 rings (SSSR count). The molecule has 0 unspecified atom stereocenters. The first-order valence-corrected chi connectivity index (χ1v) is 7.99. The molecule has 0 bridgehead atoms. The summed E-state index contributed by atoms with van der Waals surface area (Å²) in [7, 11) is -0.451. The van der Waals surface area contributed by atoms with Crippen LogP contribution in [0.4, 0.5) is 10.6 Å². The first kappa shape index (κ1) is 17.4. The average Bonchev–Trinajstić information content (AvgIpc) is 2.96. The van der Waals surface area contributed by atoms with Gasteiger partial charge in [0.15, 0.2) is 5.82 Å². The third kappa shape index (κ3) is 3.12. The number of amides is 1. The van der Waals surface area contributed by atoms with Crippen LogP contribution in [0.3, 0.4) is 0 Å². The third-order valence-electron chi connectivity index (χ3n) is 4.73. The first-order valence-electron chi connectivity index (χ1n) is 7.99. The van der Waals surface area contributed by atoms with E-state index < -0.39 is 24.4 Å². The van der Waals surface area contributed by atoms with Crippen molar-refractivity contribution in [2.75, 3.05) is 5.32 Å². The van der Waals surface area contributed by atoms with Gasteiger partial charge in [0.05, 0.1) is 16.9 Å². The molecule has 0 saturated carbocycles. The van der Waals surface area contributed by atoms with E-state index in [-0.39, 0.29) is 0 Å². The van der Waals surface area contributed by atoms with Crippen LogP contribution in [-0.4, -0.2) is 44.5 Å². The lowest BCUT2D eigenvalue weighted by Gasteiger charge is -2.32. The number of benzene rings is 1. The molecule has 2 N–H and O–H groups in total. The van der Waals surface area contributed by atoms with Crippen molar-refractivity contribution >= 4 is 24.5 Å².